The summed E-state index contributed by atoms with van der Waals surface area (Å²) in [6, 6.07) is 9.63. The third-order valence-corrected chi connectivity index (χ3v) is 5.55. The molecule has 7 nitrogen and oxygen atoms in total. The van der Waals surface area contributed by atoms with E-state index in [4.69, 9.17) is 4.74 Å². The maximum Gasteiger partial charge on any atom is 0.257 e. The number of hydrogen-bond donors (Lipinski definition) is 0. The first-order valence-corrected chi connectivity index (χ1v) is 9.34. The number of para-hydroxylation sites is 1. The fraction of sp³-hybridized carbons (Fsp3) is 0.450. The lowest BCUT2D eigenvalue weighted by atomic mass is 10.00. The summed E-state index contributed by atoms with van der Waals surface area (Å²) >= 11 is 0. The van der Waals surface area contributed by atoms with Gasteiger partial charge in [-0.05, 0) is 32.4 Å². The number of ether oxygens (including phenoxy) is 1. The smallest absolute Gasteiger partial charge is 0.257 e. The van der Waals surface area contributed by atoms with E-state index in [2.05, 4.69) is 5.10 Å². The van der Waals surface area contributed by atoms with E-state index < -0.39 is 5.60 Å². The fourth-order valence-corrected chi connectivity index (χ4v) is 3.97. The molecule has 1 unspecified atom stereocenters. The maximum absolute atomic E-state index is 13.0. The molecular formula is C20H24N4O3. The Kier molecular flexibility index (Phi) is 4.47. The number of aromatic nitrogens is 2. The fourth-order valence-electron chi connectivity index (χ4n) is 3.97. The van der Waals surface area contributed by atoms with Crippen molar-refractivity contribution in [2.45, 2.75) is 32.4 Å². The molecular weight excluding hydrogens is 344 g/mol. The Bertz CT molecular complexity index is 863. The first-order chi connectivity index (χ1) is 13.0. The van der Waals surface area contributed by atoms with Gasteiger partial charge in [0.2, 0.25) is 0 Å². The Morgan fingerprint density at radius 3 is 2.74 bits per heavy atom. The minimum absolute atomic E-state index is 0.0177. The average Bonchev–Trinajstić information content (AvgIpc) is 3.28. The Morgan fingerprint density at radius 2 is 2.04 bits per heavy atom. The molecule has 1 aromatic heterocycles. The van der Waals surface area contributed by atoms with Crippen LogP contribution in [0, 0.1) is 6.92 Å². The van der Waals surface area contributed by atoms with E-state index in [1.54, 1.807) is 11.1 Å². The van der Waals surface area contributed by atoms with Crippen LogP contribution in [0.4, 0.5) is 5.69 Å². The lowest BCUT2D eigenvalue weighted by molar-refractivity contribution is -0.137. The first-order valence-electron chi connectivity index (χ1n) is 9.34. The highest BCUT2D eigenvalue weighted by molar-refractivity contribution is 5.96. The van der Waals surface area contributed by atoms with Crippen molar-refractivity contribution >= 4 is 17.5 Å². The lowest BCUT2D eigenvalue weighted by Gasteiger charge is -2.40. The Balaban J connectivity index is 1.52. The summed E-state index contributed by atoms with van der Waals surface area (Å²) in [6.07, 6.45) is 2.37. The van der Waals surface area contributed by atoms with Crippen LogP contribution in [-0.4, -0.2) is 58.3 Å². The number of nitrogens with zero attached hydrogens (tertiary/aromatic N) is 4. The van der Waals surface area contributed by atoms with E-state index in [0.29, 0.717) is 25.2 Å². The number of benzene rings is 1. The second-order valence-electron chi connectivity index (χ2n) is 7.22. The molecule has 2 fully saturated rings. The second kappa shape index (κ2) is 6.81. The van der Waals surface area contributed by atoms with E-state index >= 15 is 0 Å². The van der Waals surface area contributed by atoms with Gasteiger partial charge in [-0.25, -0.2) is 0 Å². The van der Waals surface area contributed by atoms with Gasteiger partial charge in [-0.1, -0.05) is 18.2 Å². The minimum atomic E-state index is -0.506. The molecule has 2 aromatic rings. The molecule has 1 spiro atoms. The largest absolute Gasteiger partial charge is 0.361 e. The minimum Gasteiger partial charge on any atom is -0.361 e. The molecule has 2 saturated heterocycles. The third kappa shape index (κ3) is 3.12. The third-order valence-electron chi connectivity index (χ3n) is 5.55. The van der Waals surface area contributed by atoms with Crippen LogP contribution in [0.5, 0.6) is 0 Å². The second-order valence-corrected chi connectivity index (χ2v) is 7.22. The van der Waals surface area contributed by atoms with Crippen LogP contribution in [0.2, 0.25) is 0 Å². The van der Waals surface area contributed by atoms with Crippen LogP contribution in [0.3, 0.4) is 0 Å². The molecule has 2 aliphatic rings. The number of aryl methyl sites for hydroxylation is 1. The van der Waals surface area contributed by atoms with Gasteiger partial charge < -0.3 is 14.5 Å². The normalized spacial score (nSPS) is 22.7. The number of carbonyl (C=O) groups is 2. The summed E-state index contributed by atoms with van der Waals surface area (Å²) in [5, 5.41) is 4.28. The Hall–Kier alpha value is -2.67. The molecule has 0 bridgehead atoms. The van der Waals surface area contributed by atoms with Crippen molar-refractivity contribution in [1.82, 2.24) is 14.7 Å². The summed E-state index contributed by atoms with van der Waals surface area (Å²) in [6.45, 7) is 6.27. The van der Waals surface area contributed by atoms with E-state index in [0.717, 1.165) is 24.3 Å². The van der Waals surface area contributed by atoms with Crippen LogP contribution in [0.1, 0.15) is 29.4 Å². The highest BCUT2D eigenvalue weighted by Crippen LogP contribution is 2.32. The average molecular weight is 368 g/mol. The molecule has 142 valence electrons. The van der Waals surface area contributed by atoms with E-state index in [-0.39, 0.29) is 18.4 Å². The SMILES string of the molecule is CCn1ncc(C(=O)N2CCC3(C2)CN(c2ccccc2)C(=O)CO3)c1C. The number of rotatable bonds is 3. The quantitative estimate of drug-likeness (QED) is 0.829. The van der Waals surface area contributed by atoms with Gasteiger partial charge >= 0.3 is 0 Å². The van der Waals surface area contributed by atoms with Crippen molar-refractivity contribution in [2.24, 2.45) is 0 Å². The molecule has 4 rings (SSSR count). The van der Waals surface area contributed by atoms with Crippen LogP contribution in [0.15, 0.2) is 36.5 Å². The van der Waals surface area contributed by atoms with Crippen molar-refractivity contribution in [3.05, 3.63) is 47.8 Å². The zero-order valence-electron chi connectivity index (χ0n) is 15.7. The number of likely N-dealkylation sites (tertiary alicyclic amines) is 1. The predicted octanol–water partition coefficient (Wildman–Crippen LogP) is 1.86. The number of amides is 2. The summed E-state index contributed by atoms with van der Waals surface area (Å²) < 4.78 is 7.78. The van der Waals surface area contributed by atoms with Crippen molar-refractivity contribution in [3.63, 3.8) is 0 Å². The molecule has 0 aliphatic carbocycles. The van der Waals surface area contributed by atoms with Crippen molar-refractivity contribution in [3.8, 4) is 0 Å². The van der Waals surface area contributed by atoms with Crippen LogP contribution in [0.25, 0.3) is 0 Å². The molecule has 3 heterocycles. The zero-order chi connectivity index (χ0) is 19.0. The predicted molar refractivity (Wildman–Crippen MR) is 101 cm³/mol. The lowest BCUT2D eigenvalue weighted by Crippen LogP contribution is -2.56. The van der Waals surface area contributed by atoms with Gasteiger partial charge in [0, 0.05) is 24.5 Å². The summed E-state index contributed by atoms with van der Waals surface area (Å²) in [4.78, 5) is 28.9. The molecule has 2 aliphatic heterocycles. The number of anilines is 1. The van der Waals surface area contributed by atoms with Crippen LogP contribution < -0.4 is 4.90 Å². The van der Waals surface area contributed by atoms with Crippen LogP contribution >= 0.6 is 0 Å². The van der Waals surface area contributed by atoms with Gasteiger partial charge in [-0.3, -0.25) is 14.3 Å². The monoisotopic (exact) mass is 368 g/mol. The van der Waals surface area contributed by atoms with E-state index in [1.165, 1.54) is 0 Å². The maximum atomic E-state index is 13.0. The highest BCUT2D eigenvalue weighted by atomic mass is 16.5. The van der Waals surface area contributed by atoms with Gasteiger partial charge in [-0.15, -0.1) is 0 Å². The van der Waals surface area contributed by atoms with Crippen molar-refractivity contribution in [1.29, 1.82) is 0 Å². The van der Waals surface area contributed by atoms with Gasteiger partial charge in [-0.2, -0.15) is 5.10 Å². The molecule has 2 amide bonds. The molecule has 0 radical (unpaired) electrons. The molecule has 27 heavy (non-hydrogen) atoms. The molecule has 7 heteroatoms. The number of morpholine rings is 1. The topological polar surface area (TPSA) is 67.7 Å². The van der Waals surface area contributed by atoms with Gasteiger partial charge in [0.05, 0.1) is 24.8 Å². The van der Waals surface area contributed by atoms with Crippen LogP contribution in [-0.2, 0) is 16.1 Å². The van der Waals surface area contributed by atoms with Gasteiger partial charge in [0.15, 0.2) is 0 Å². The van der Waals surface area contributed by atoms with Crippen molar-refractivity contribution < 1.29 is 14.3 Å². The molecule has 0 saturated carbocycles. The summed E-state index contributed by atoms with van der Waals surface area (Å²) in [5.74, 6) is -0.0625. The number of hydrogen-bond acceptors (Lipinski definition) is 4. The van der Waals surface area contributed by atoms with Crippen molar-refractivity contribution in [2.75, 3.05) is 31.1 Å². The first kappa shape index (κ1) is 17.7. The highest BCUT2D eigenvalue weighted by Gasteiger charge is 2.47. The zero-order valence-corrected chi connectivity index (χ0v) is 15.7. The summed E-state index contributed by atoms with van der Waals surface area (Å²) in [7, 11) is 0. The van der Waals surface area contributed by atoms with Gasteiger partial charge in [0.25, 0.3) is 11.8 Å². The molecule has 1 aromatic carbocycles. The van der Waals surface area contributed by atoms with Gasteiger partial charge in [0.1, 0.15) is 12.2 Å². The van der Waals surface area contributed by atoms with E-state index in [1.807, 2.05) is 53.8 Å². The van der Waals surface area contributed by atoms with E-state index in [9.17, 15) is 9.59 Å². The standard InChI is InChI=1S/C20H24N4O3/c1-3-24-15(2)17(11-21-24)19(26)22-10-9-20(13-22)14-23(18(25)12-27-20)16-7-5-4-6-8-16/h4-8,11H,3,9-10,12-14H2,1-2H3. The Morgan fingerprint density at radius 1 is 1.26 bits per heavy atom. The number of carbonyl (C=O) groups excluding carboxylic acids is 2. The molecule has 0 N–H and O–H groups in total. The summed E-state index contributed by atoms with van der Waals surface area (Å²) in [5.41, 5.74) is 1.89. The molecule has 1 atom stereocenters. The Labute approximate surface area is 158 Å².